The van der Waals surface area contributed by atoms with Gasteiger partial charge in [0.15, 0.2) is 11.5 Å². The number of hydrogen-bond acceptors (Lipinski definition) is 4. The summed E-state index contributed by atoms with van der Waals surface area (Å²) in [7, 11) is 0. The predicted molar refractivity (Wildman–Crippen MR) is 52.4 cm³/mol. The van der Waals surface area contributed by atoms with Gasteiger partial charge in [0.2, 0.25) is 0 Å². The summed E-state index contributed by atoms with van der Waals surface area (Å²) in [6, 6.07) is 6.51. The van der Waals surface area contributed by atoms with E-state index in [4.69, 9.17) is 9.47 Å². The molecule has 0 fully saturated rings. The van der Waals surface area contributed by atoms with E-state index < -0.39 is 12.3 Å². The van der Waals surface area contributed by atoms with Crippen LogP contribution in [0.4, 0.5) is 0 Å². The molecule has 0 saturated heterocycles. The van der Waals surface area contributed by atoms with E-state index in [1.807, 2.05) is 0 Å². The third-order valence-electron chi connectivity index (χ3n) is 2.04. The number of rotatable bonds is 2. The number of phenols is 1. The van der Waals surface area contributed by atoms with E-state index in [2.05, 4.69) is 0 Å². The fraction of sp³-hybridized carbons (Fsp3) is 0.182. The second-order valence-corrected chi connectivity index (χ2v) is 3.21. The molecule has 1 atom stereocenters. The molecule has 1 unspecified atom stereocenters. The molecular weight excluding hydrogens is 196 g/mol. The van der Waals surface area contributed by atoms with Crippen LogP contribution in [0.15, 0.2) is 35.9 Å². The number of carbonyl (C=O) groups excluding carboxylic acids is 1. The number of para-hydroxylation sites is 2. The molecular formula is C11H10O4. The minimum atomic E-state index is -0.745. The fourth-order valence-electron chi connectivity index (χ4n) is 1.24. The number of ether oxygens (including phenoxy) is 2. The lowest BCUT2D eigenvalue weighted by molar-refractivity contribution is -0.148. The third-order valence-corrected chi connectivity index (χ3v) is 2.04. The van der Waals surface area contributed by atoms with Crippen LogP contribution in [-0.4, -0.2) is 17.4 Å². The molecule has 0 saturated carbocycles. The van der Waals surface area contributed by atoms with E-state index in [9.17, 15) is 9.90 Å². The normalized spacial score (nSPS) is 19.7. The number of hydrogen-bond donors (Lipinski definition) is 1. The molecule has 0 amide bonds. The second-order valence-electron chi connectivity index (χ2n) is 3.21. The quantitative estimate of drug-likeness (QED) is 0.747. The second kappa shape index (κ2) is 3.65. The molecule has 1 aromatic rings. The molecule has 4 heteroatoms. The molecule has 4 nitrogen and oxygen atoms in total. The number of carbonyl (C=O) groups is 1. The highest BCUT2D eigenvalue weighted by Crippen LogP contribution is 2.27. The average molecular weight is 206 g/mol. The first-order valence-corrected chi connectivity index (χ1v) is 4.51. The summed E-state index contributed by atoms with van der Waals surface area (Å²) >= 11 is 0. The average Bonchev–Trinajstić information content (AvgIpc) is 2.50. The summed E-state index contributed by atoms with van der Waals surface area (Å²) in [5, 5.41) is 9.42. The van der Waals surface area contributed by atoms with Crippen molar-refractivity contribution < 1.29 is 19.4 Å². The smallest absolute Gasteiger partial charge is 0.336 e. The van der Waals surface area contributed by atoms with Crippen LogP contribution in [0.3, 0.4) is 0 Å². The van der Waals surface area contributed by atoms with Crippen molar-refractivity contribution in [1.82, 2.24) is 0 Å². The molecule has 0 aromatic heterocycles. The van der Waals surface area contributed by atoms with Gasteiger partial charge in [0.05, 0.1) is 0 Å². The van der Waals surface area contributed by atoms with Gasteiger partial charge in [-0.25, -0.2) is 4.79 Å². The molecule has 78 valence electrons. The lowest BCUT2D eigenvalue weighted by atomic mass is 10.3. The minimum Gasteiger partial charge on any atom is -0.504 e. The van der Waals surface area contributed by atoms with Crippen molar-refractivity contribution in [3.63, 3.8) is 0 Å². The largest absolute Gasteiger partial charge is 0.504 e. The van der Waals surface area contributed by atoms with Gasteiger partial charge in [-0.3, -0.25) is 0 Å². The highest BCUT2D eigenvalue weighted by molar-refractivity contribution is 5.90. The van der Waals surface area contributed by atoms with Crippen LogP contribution in [0, 0.1) is 0 Å². The maximum Gasteiger partial charge on any atom is 0.336 e. The molecule has 0 aliphatic carbocycles. The molecule has 0 spiro atoms. The third kappa shape index (κ3) is 1.93. The lowest BCUT2D eigenvalue weighted by Gasteiger charge is -2.11. The van der Waals surface area contributed by atoms with Gasteiger partial charge < -0.3 is 14.6 Å². The zero-order valence-corrected chi connectivity index (χ0v) is 8.14. The summed E-state index contributed by atoms with van der Waals surface area (Å²) in [6.07, 6.45) is 0.820. The highest BCUT2D eigenvalue weighted by Gasteiger charge is 2.24. The van der Waals surface area contributed by atoms with Gasteiger partial charge in [-0.15, -0.1) is 0 Å². The molecule has 1 heterocycles. The fourth-order valence-corrected chi connectivity index (χ4v) is 1.24. The van der Waals surface area contributed by atoms with Crippen molar-refractivity contribution in [3.05, 3.63) is 35.9 Å². The molecule has 15 heavy (non-hydrogen) atoms. The summed E-state index contributed by atoms with van der Waals surface area (Å²) in [4.78, 5) is 11.0. The van der Waals surface area contributed by atoms with Crippen LogP contribution in [0.5, 0.6) is 11.5 Å². The van der Waals surface area contributed by atoms with Crippen molar-refractivity contribution >= 4 is 5.97 Å². The van der Waals surface area contributed by atoms with Gasteiger partial charge in [-0.05, 0) is 19.1 Å². The van der Waals surface area contributed by atoms with Crippen LogP contribution in [-0.2, 0) is 9.53 Å². The summed E-state index contributed by atoms with van der Waals surface area (Å²) in [5.41, 5.74) is 0.510. The predicted octanol–water partition coefficient (Wildman–Crippen LogP) is 1.60. The first-order chi connectivity index (χ1) is 7.16. The number of aromatic hydroxyl groups is 1. The Balaban J connectivity index is 2.11. The summed E-state index contributed by atoms with van der Waals surface area (Å²) in [5.74, 6) is -0.0804. The van der Waals surface area contributed by atoms with Crippen molar-refractivity contribution in [2.75, 3.05) is 0 Å². The summed E-state index contributed by atoms with van der Waals surface area (Å²) in [6.45, 7) is 1.65. The van der Waals surface area contributed by atoms with E-state index in [0.29, 0.717) is 11.3 Å². The topological polar surface area (TPSA) is 55.8 Å². The Bertz CT molecular complexity index is 422. The molecule has 1 aliphatic heterocycles. The maximum atomic E-state index is 11.0. The van der Waals surface area contributed by atoms with Crippen LogP contribution >= 0.6 is 0 Å². The lowest BCUT2D eigenvalue weighted by Crippen LogP contribution is -2.15. The van der Waals surface area contributed by atoms with Gasteiger partial charge in [0, 0.05) is 11.6 Å². The Morgan fingerprint density at radius 3 is 2.73 bits per heavy atom. The van der Waals surface area contributed by atoms with Crippen molar-refractivity contribution in [2.45, 2.75) is 13.2 Å². The van der Waals surface area contributed by atoms with Crippen LogP contribution in [0.2, 0.25) is 0 Å². The molecule has 1 aliphatic rings. The molecule has 2 rings (SSSR count). The Labute approximate surface area is 86.7 Å². The van der Waals surface area contributed by atoms with Gasteiger partial charge in [-0.1, -0.05) is 12.1 Å². The SMILES string of the molecule is CC1=CC(Oc2ccccc2O)OC1=O. The van der Waals surface area contributed by atoms with E-state index in [-0.39, 0.29) is 5.75 Å². The standard InChI is InChI=1S/C11H10O4/c1-7-6-10(15-11(7)13)14-9-5-3-2-4-8(9)12/h2-6,10,12H,1H3. The summed E-state index contributed by atoms with van der Waals surface area (Å²) < 4.78 is 10.1. The molecule has 0 radical (unpaired) electrons. The first-order valence-electron chi connectivity index (χ1n) is 4.51. The molecule has 1 N–H and O–H groups in total. The van der Waals surface area contributed by atoms with E-state index in [0.717, 1.165) is 0 Å². The Morgan fingerprint density at radius 1 is 1.40 bits per heavy atom. The van der Waals surface area contributed by atoms with Gasteiger partial charge >= 0.3 is 5.97 Å². The zero-order valence-electron chi connectivity index (χ0n) is 8.14. The van der Waals surface area contributed by atoms with Crippen LogP contribution in [0.25, 0.3) is 0 Å². The number of esters is 1. The Kier molecular flexibility index (Phi) is 2.33. The minimum absolute atomic E-state index is 0.0199. The van der Waals surface area contributed by atoms with Crippen LogP contribution in [0.1, 0.15) is 6.92 Å². The molecule has 0 bridgehead atoms. The Morgan fingerprint density at radius 2 is 2.13 bits per heavy atom. The van der Waals surface area contributed by atoms with Crippen molar-refractivity contribution in [3.8, 4) is 11.5 Å². The zero-order chi connectivity index (χ0) is 10.8. The highest BCUT2D eigenvalue weighted by atomic mass is 16.7. The number of phenolic OH excluding ortho intramolecular Hbond substituents is 1. The van der Waals surface area contributed by atoms with Gasteiger partial charge in [0.25, 0.3) is 6.29 Å². The maximum absolute atomic E-state index is 11.0. The van der Waals surface area contributed by atoms with Gasteiger partial charge in [0.1, 0.15) is 0 Å². The van der Waals surface area contributed by atoms with Crippen molar-refractivity contribution in [2.24, 2.45) is 0 Å². The number of benzene rings is 1. The van der Waals surface area contributed by atoms with Crippen molar-refractivity contribution in [1.29, 1.82) is 0 Å². The van der Waals surface area contributed by atoms with E-state index >= 15 is 0 Å². The van der Waals surface area contributed by atoms with E-state index in [1.165, 1.54) is 6.07 Å². The van der Waals surface area contributed by atoms with Crippen LogP contribution < -0.4 is 4.74 Å². The first kappa shape index (κ1) is 9.58. The number of cyclic esters (lactones) is 1. The Hall–Kier alpha value is -1.97. The monoisotopic (exact) mass is 206 g/mol. The van der Waals surface area contributed by atoms with Gasteiger partial charge in [-0.2, -0.15) is 0 Å². The van der Waals surface area contributed by atoms with E-state index in [1.54, 1.807) is 31.2 Å². The molecule has 1 aromatic carbocycles.